The van der Waals surface area contributed by atoms with Crippen LogP contribution in [-0.4, -0.2) is 5.78 Å². The van der Waals surface area contributed by atoms with Gasteiger partial charge in [-0.1, -0.05) is 28.1 Å². The molecule has 1 atom stereocenters. The first kappa shape index (κ1) is 12.1. The molecule has 4 heteroatoms. The Morgan fingerprint density at radius 3 is 2.79 bits per heavy atom. The van der Waals surface area contributed by atoms with Gasteiger partial charge in [0.1, 0.15) is 5.78 Å². The zero-order valence-electron chi connectivity index (χ0n) is 7.63. The number of alkyl halides is 2. The number of thiol groups is 1. The third-order valence-electron chi connectivity index (χ3n) is 1.93. The minimum atomic E-state index is -0.315. The van der Waals surface area contributed by atoms with Crippen LogP contribution in [-0.2, 0) is 10.7 Å². The fourth-order valence-corrected chi connectivity index (χ4v) is 2.52. The summed E-state index contributed by atoms with van der Waals surface area (Å²) in [6, 6.07) is 5.63. The number of hydrogen-bond donors (Lipinski definition) is 1. The minimum absolute atomic E-state index is 0.0536. The van der Waals surface area contributed by atoms with E-state index in [1.165, 1.54) is 6.92 Å². The molecule has 1 rings (SSSR count). The van der Waals surface area contributed by atoms with Gasteiger partial charge in [-0.25, -0.2) is 0 Å². The van der Waals surface area contributed by atoms with Crippen LogP contribution in [0, 0.1) is 0 Å². The minimum Gasteiger partial charge on any atom is -0.298 e. The van der Waals surface area contributed by atoms with Crippen molar-refractivity contribution >= 4 is 45.9 Å². The van der Waals surface area contributed by atoms with Gasteiger partial charge in [0.15, 0.2) is 0 Å². The highest BCUT2D eigenvalue weighted by Crippen LogP contribution is 2.32. The summed E-state index contributed by atoms with van der Waals surface area (Å²) in [5.74, 6) is 0.442. The highest BCUT2D eigenvalue weighted by Gasteiger charge is 2.18. The second kappa shape index (κ2) is 5.19. The lowest BCUT2D eigenvalue weighted by molar-refractivity contribution is -0.116. The number of carbonyl (C=O) groups is 1. The van der Waals surface area contributed by atoms with Gasteiger partial charge in [-0.3, -0.25) is 4.79 Å². The molecule has 0 saturated carbocycles. The molecule has 76 valence electrons. The van der Waals surface area contributed by atoms with E-state index < -0.39 is 0 Å². The van der Waals surface area contributed by atoms with Crippen molar-refractivity contribution in [1.29, 1.82) is 0 Å². The number of hydrogen-bond acceptors (Lipinski definition) is 2. The molecule has 0 aromatic heterocycles. The molecular weight excluding hydrogens is 284 g/mol. The van der Waals surface area contributed by atoms with Crippen molar-refractivity contribution in [3.63, 3.8) is 0 Å². The smallest absolute Gasteiger partial charge is 0.147 e. The monoisotopic (exact) mass is 292 g/mol. The van der Waals surface area contributed by atoms with Crippen molar-refractivity contribution in [3.8, 4) is 0 Å². The van der Waals surface area contributed by atoms with E-state index in [-0.39, 0.29) is 10.6 Å². The topological polar surface area (TPSA) is 17.1 Å². The highest BCUT2D eigenvalue weighted by molar-refractivity contribution is 9.09. The van der Waals surface area contributed by atoms with Gasteiger partial charge in [0, 0.05) is 10.8 Å². The summed E-state index contributed by atoms with van der Waals surface area (Å²) in [4.78, 5) is 11.7. The van der Waals surface area contributed by atoms with Crippen molar-refractivity contribution in [2.45, 2.75) is 22.5 Å². The van der Waals surface area contributed by atoms with Crippen molar-refractivity contribution < 1.29 is 4.79 Å². The summed E-state index contributed by atoms with van der Waals surface area (Å²) in [6.45, 7) is 1.54. The van der Waals surface area contributed by atoms with Crippen molar-refractivity contribution in [1.82, 2.24) is 0 Å². The van der Waals surface area contributed by atoms with Crippen LogP contribution in [0.25, 0.3) is 0 Å². The lowest BCUT2D eigenvalue weighted by atomic mass is 10.0. The number of rotatable bonds is 3. The van der Waals surface area contributed by atoms with E-state index in [0.717, 1.165) is 16.0 Å². The van der Waals surface area contributed by atoms with Gasteiger partial charge in [0.2, 0.25) is 0 Å². The number of Topliss-reactive ketones (excluding diaryl/α,β-unsaturated/α-hetero) is 1. The average molecular weight is 294 g/mol. The van der Waals surface area contributed by atoms with Gasteiger partial charge < -0.3 is 0 Å². The van der Waals surface area contributed by atoms with E-state index in [4.69, 9.17) is 11.6 Å². The molecule has 0 aliphatic rings. The Morgan fingerprint density at radius 1 is 1.64 bits per heavy atom. The third-order valence-corrected chi connectivity index (χ3v) is 3.71. The highest BCUT2D eigenvalue weighted by atomic mass is 79.9. The first-order valence-electron chi connectivity index (χ1n) is 4.09. The Kier molecular flexibility index (Phi) is 4.48. The van der Waals surface area contributed by atoms with E-state index in [2.05, 4.69) is 28.6 Å². The van der Waals surface area contributed by atoms with Crippen LogP contribution in [0.3, 0.4) is 0 Å². The Morgan fingerprint density at radius 2 is 2.29 bits per heavy atom. The lowest BCUT2D eigenvalue weighted by Crippen LogP contribution is -2.05. The van der Waals surface area contributed by atoms with Crippen LogP contribution in [0.15, 0.2) is 23.1 Å². The Balaban J connectivity index is 3.23. The van der Waals surface area contributed by atoms with Gasteiger partial charge >= 0.3 is 0 Å². The first-order valence-corrected chi connectivity index (χ1v) is 5.99. The molecule has 0 aliphatic carbocycles. The molecule has 1 aromatic rings. The normalized spacial score (nSPS) is 12.6. The SMILES string of the molecule is CC(=O)C(Br)c1c(S)cccc1CCl. The summed E-state index contributed by atoms with van der Waals surface area (Å²) in [5, 5.41) is 0. The predicted molar refractivity (Wildman–Crippen MR) is 65.6 cm³/mol. The van der Waals surface area contributed by atoms with Gasteiger partial charge in [-0.2, -0.15) is 0 Å². The fraction of sp³-hybridized carbons (Fsp3) is 0.300. The van der Waals surface area contributed by atoms with Gasteiger partial charge in [-0.05, 0) is 24.1 Å². The second-order valence-corrected chi connectivity index (χ2v) is 4.62. The lowest BCUT2D eigenvalue weighted by Gasteiger charge is -2.13. The number of carbonyl (C=O) groups excluding carboxylic acids is 1. The van der Waals surface area contributed by atoms with Crippen molar-refractivity contribution in [3.05, 3.63) is 29.3 Å². The molecule has 0 heterocycles. The Labute approximate surface area is 102 Å². The summed E-state index contributed by atoms with van der Waals surface area (Å²) in [7, 11) is 0. The van der Waals surface area contributed by atoms with Crippen LogP contribution in [0.2, 0.25) is 0 Å². The van der Waals surface area contributed by atoms with Crippen LogP contribution >= 0.6 is 40.2 Å². The van der Waals surface area contributed by atoms with E-state index in [1.807, 2.05) is 18.2 Å². The molecular formula is C10H10BrClOS. The van der Waals surface area contributed by atoms with Gasteiger partial charge in [0.25, 0.3) is 0 Å². The fourth-order valence-electron chi connectivity index (χ4n) is 1.21. The second-order valence-electron chi connectivity index (χ2n) is 2.96. The molecule has 0 saturated heterocycles. The van der Waals surface area contributed by atoms with Gasteiger partial charge in [-0.15, -0.1) is 24.2 Å². The quantitative estimate of drug-likeness (QED) is 0.663. The first-order chi connectivity index (χ1) is 6.57. The summed E-state index contributed by atoms with van der Waals surface area (Å²) >= 11 is 13.4. The molecule has 0 amide bonds. The maximum absolute atomic E-state index is 11.2. The van der Waals surface area contributed by atoms with Crippen LogP contribution in [0.4, 0.5) is 0 Å². The molecule has 0 spiro atoms. The van der Waals surface area contributed by atoms with Crippen LogP contribution in [0.1, 0.15) is 22.9 Å². The van der Waals surface area contributed by atoms with Crippen LogP contribution < -0.4 is 0 Å². The molecule has 0 bridgehead atoms. The zero-order chi connectivity index (χ0) is 10.7. The van der Waals surface area contributed by atoms with Crippen LogP contribution in [0.5, 0.6) is 0 Å². The average Bonchev–Trinajstić information content (AvgIpc) is 2.16. The molecule has 14 heavy (non-hydrogen) atoms. The number of ketones is 1. The molecule has 1 unspecified atom stereocenters. The molecule has 0 radical (unpaired) electrons. The third kappa shape index (κ3) is 2.53. The largest absolute Gasteiger partial charge is 0.298 e. The zero-order valence-corrected chi connectivity index (χ0v) is 10.9. The standard InChI is InChI=1S/C10H10BrClOS/c1-6(13)10(11)9-7(5-12)3-2-4-8(9)14/h2-4,10,14H,5H2,1H3. The van der Waals surface area contributed by atoms with Crippen molar-refractivity contribution in [2.75, 3.05) is 0 Å². The number of halogens is 2. The van der Waals surface area contributed by atoms with E-state index in [9.17, 15) is 4.79 Å². The summed E-state index contributed by atoms with van der Waals surface area (Å²) in [5.41, 5.74) is 1.81. The van der Waals surface area contributed by atoms with Gasteiger partial charge in [0.05, 0.1) is 4.83 Å². The van der Waals surface area contributed by atoms with E-state index in [1.54, 1.807) is 0 Å². The summed E-state index contributed by atoms with van der Waals surface area (Å²) < 4.78 is 0. The molecule has 0 N–H and O–H groups in total. The van der Waals surface area contributed by atoms with Crippen molar-refractivity contribution in [2.24, 2.45) is 0 Å². The molecule has 1 aromatic carbocycles. The summed E-state index contributed by atoms with van der Waals surface area (Å²) in [6.07, 6.45) is 0. The van der Waals surface area contributed by atoms with E-state index >= 15 is 0 Å². The molecule has 0 aliphatic heterocycles. The predicted octanol–water partition coefficient (Wildman–Crippen LogP) is 3.74. The molecule has 1 nitrogen and oxygen atoms in total. The maximum Gasteiger partial charge on any atom is 0.147 e. The van der Waals surface area contributed by atoms with E-state index in [0.29, 0.717) is 5.88 Å². The maximum atomic E-state index is 11.2. The Hall–Kier alpha value is 0.01000. The Bertz CT molecular complexity index is 354. The number of benzene rings is 1. The molecule has 0 fully saturated rings.